The highest BCUT2D eigenvalue weighted by molar-refractivity contribution is 5.77. The van der Waals surface area contributed by atoms with E-state index in [2.05, 4.69) is 21.7 Å². The number of amides is 1. The highest BCUT2D eigenvalue weighted by Crippen LogP contribution is 2.41. The third-order valence-electron chi connectivity index (χ3n) is 6.23. The van der Waals surface area contributed by atoms with Crippen LogP contribution in [-0.2, 0) is 11.2 Å². The van der Waals surface area contributed by atoms with Crippen LogP contribution in [0.4, 0.5) is 5.82 Å². The van der Waals surface area contributed by atoms with Gasteiger partial charge in [-0.05, 0) is 51.4 Å². The molecule has 0 radical (unpaired) electrons. The van der Waals surface area contributed by atoms with Gasteiger partial charge in [0.15, 0.2) is 0 Å². The minimum absolute atomic E-state index is 0.255. The molecule has 25 heavy (non-hydrogen) atoms. The molecule has 0 aromatic carbocycles. The Labute approximate surface area is 150 Å². The van der Waals surface area contributed by atoms with Gasteiger partial charge in [-0.3, -0.25) is 4.79 Å². The summed E-state index contributed by atoms with van der Waals surface area (Å²) in [6, 6.07) is 0. The molecule has 2 aliphatic heterocycles. The first-order valence-electron chi connectivity index (χ1n) is 9.94. The predicted octanol–water partition coefficient (Wildman–Crippen LogP) is 2.97. The highest BCUT2D eigenvalue weighted by atomic mass is 16.2. The van der Waals surface area contributed by atoms with Gasteiger partial charge in [0.2, 0.25) is 5.91 Å². The van der Waals surface area contributed by atoms with Crippen LogP contribution in [0, 0.1) is 18.3 Å². The number of carbonyl (C=O) groups excluding carboxylic acids is 1. The van der Waals surface area contributed by atoms with Crippen LogP contribution in [-0.4, -0.2) is 47.0 Å². The predicted molar refractivity (Wildman–Crippen MR) is 98.6 cm³/mol. The number of aryl methyl sites for hydroxylation is 2. The molecule has 3 aliphatic rings. The van der Waals surface area contributed by atoms with E-state index in [1.165, 1.54) is 31.2 Å². The molecule has 5 nitrogen and oxygen atoms in total. The van der Waals surface area contributed by atoms with Gasteiger partial charge >= 0.3 is 0 Å². The quantitative estimate of drug-likeness (QED) is 0.844. The van der Waals surface area contributed by atoms with Crippen LogP contribution in [0.15, 0.2) is 6.20 Å². The van der Waals surface area contributed by atoms with Crippen molar-refractivity contribution < 1.29 is 4.79 Å². The zero-order valence-electron chi connectivity index (χ0n) is 15.6. The lowest BCUT2D eigenvalue weighted by Gasteiger charge is -2.49. The van der Waals surface area contributed by atoms with Gasteiger partial charge in [0, 0.05) is 49.8 Å². The topological polar surface area (TPSA) is 49.3 Å². The molecular weight excluding hydrogens is 312 g/mol. The molecule has 1 aromatic heterocycles. The SMILES string of the molecule is CCc1cnc(C)nc1N1CCC[C@@]2(CCC(=O)N(CC3CC3)C2)C1. The second-order valence-corrected chi connectivity index (χ2v) is 8.36. The number of likely N-dealkylation sites (tertiary alicyclic amines) is 1. The van der Waals surface area contributed by atoms with Crippen molar-refractivity contribution >= 4 is 11.7 Å². The standard InChI is InChI=1S/C20H30N4O/c1-3-17-11-21-15(2)22-19(17)23-10-4-8-20(13-23)9-7-18(25)24(14-20)12-16-5-6-16/h11,16H,3-10,12-14H2,1-2H3/t20-/m1/s1. The van der Waals surface area contributed by atoms with E-state index in [4.69, 9.17) is 4.98 Å². The normalized spacial score (nSPS) is 27.2. The van der Waals surface area contributed by atoms with E-state index in [9.17, 15) is 4.79 Å². The average molecular weight is 342 g/mol. The number of aromatic nitrogens is 2. The van der Waals surface area contributed by atoms with Crippen molar-refractivity contribution in [3.8, 4) is 0 Å². The van der Waals surface area contributed by atoms with Crippen LogP contribution < -0.4 is 4.90 Å². The van der Waals surface area contributed by atoms with Crippen molar-refractivity contribution in [1.29, 1.82) is 0 Å². The molecule has 0 N–H and O–H groups in total. The van der Waals surface area contributed by atoms with E-state index in [-0.39, 0.29) is 5.41 Å². The largest absolute Gasteiger partial charge is 0.356 e. The Bertz CT molecular complexity index is 657. The smallest absolute Gasteiger partial charge is 0.222 e. The maximum Gasteiger partial charge on any atom is 0.222 e. The molecule has 136 valence electrons. The lowest BCUT2D eigenvalue weighted by molar-refractivity contribution is -0.138. The zero-order valence-corrected chi connectivity index (χ0v) is 15.6. The monoisotopic (exact) mass is 342 g/mol. The highest BCUT2D eigenvalue weighted by Gasteiger charge is 2.43. The minimum atomic E-state index is 0.255. The second kappa shape index (κ2) is 6.58. The van der Waals surface area contributed by atoms with Gasteiger partial charge in [-0.25, -0.2) is 9.97 Å². The summed E-state index contributed by atoms with van der Waals surface area (Å²) in [5.41, 5.74) is 1.50. The molecule has 4 rings (SSSR count). The van der Waals surface area contributed by atoms with E-state index in [1.54, 1.807) is 0 Å². The molecule has 0 unspecified atom stereocenters. The van der Waals surface area contributed by atoms with E-state index in [0.29, 0.717) is 5.91 Å². The number of rotatable bonds is 4. The summed E-state index contributed by atoms with van der Waals surface area (Å²) in [6.45, 7) is 8.19. The lowest BCUT2D eigenvalue weighted by atomic mass is 9.73. The van der Waals surface area contributed by atoms with Crippen LogP contribution in [0.25, 0.3) is 0 Å². The molecule has 3 heterocycles. The first-order chi connectivity index (χ1) is 12.1. The maximum atomic E-state index is 12.4. The fraction of sp³-hybridized carbons (Fsp3) is 0.750. The van der Waals surface area contributed by atoms with Gasteiger partial charge in [-0.15, -0.1) is 0 Å². The van der Waals surface area contributed by atoms with Gasteiger partial charge in [0.05, 0.1) is 0 Å². The fourth-order valence-electron chi connectivity index (χ4n) is 4.61. The Morgan fingerprint density at radius 1 is 1.28 bits per heavy atom. The molecule has 3 fully saturated rings. The molecule has 2 saturated heterocycles. The van der Waals surface area contributed by atoms with Crippen LogP contribution in [0.5, 0.6) is 0 Å². The maximum absolute atomic E-state index is 12.4. The Morgan fingerprint density at radius 3 is 2.88 bits per heavy atom. The first-order valence-corrected chi connectivity index (χ1v) is 9.94. The first kappa shape index (κ1) is 16.8. The van der Waals surface area contributed by atoms with Crippen molar-refractivity contribution in [2.24, 2.45) is 11.3 Å². The Balaban J connectivity index is 1.54. The van der Waals surface area contributed by atoms with E-state index >= 15 is 0 Å². The van der Waals surface area contributed by atoms with E-state index in [0.717, 1.165) is 63.0 Å². The van der Waals surface area contributed by atoms with E-state index in [1.807, 2.05) is 13.1 Å². The number of hydrogen-bond acceptors (Lipinski definition) is 4. The molecule has 1 amide bonds. The van der Waals surface area contributed by atoms with Crippen molar-refractivity contribution in [3.63, 3.8) is 0 Å². The zero-order chi connectivity index (χ0) is 17.4. The molecule has 1 saturated carbocycles. The van der Waals surface area contributed by atoms with Crippen LogP contribution >= 0.6 is 0 Å². The second-order valence-electron chi connectivity index (χ2n) is 8.36. The number of anilines is 1. The molecule has 0 bridgehead atoms. The van der Waals surface area contributed by atoms with Gasteiger partial charge in [0.1, 0.15) is 11.6 Å². The van der Waals surface area contributed by atoms with Crippen LogP contribution in [0.3, 0.4) is 0 Å². The van der Waals surface area contributed by atoms with Crippen molar-refractivity contribution in [3.05, 3.63) is 17.6 Å². The summed E-state index contributed by atoms with van der Waals surface area (Å²) in [6.07, 6.45) is 9.76. The summed E-state index contributed by atoms with van der Waals surface area (Å²) in [5, 5.41) is 0. The van der Waals surface area contributed by atoms with Crippen molar-refractivity contribution in [2.45, 2.75) is 58.8 Å². The molecule has 1 spiro atoms. The van der Waals surface area contributed by atoms with Crippen LogP contribution in [0.2, 0.25) is 0 Å². The van der Waals surface area contributed by atoms with Gasteiger partial charge in [0.25, 0.3) is 0 Å². The Morgan fingerprint density at radius 2 is 2.12 bits per heavy atom. The Hall–Kier alpha value is -1.65. The molecular formula is C20H30N4O. The fourth-order valence-corrected chi connectivity index (χ4v) is 4.61. The molecule has 5 heteroatoms. The third kappa shape index (κ3) is 3.51. The summed E-state index contributed by atoms with van der Waals surface area (Å²) < 4.78 is 0. The summed E-state index contributed by atoms with van der Waals surface area (Å²) >= 11 is 0. The van der Waals surface area contributed by atoms with Gasteiger partial charge in [-0.1, -0.05) is 6.92 Å². The van der Waals surface area contributed by atoms with Crippen molar-refractivity contribution in [1.82, 2.24) is 14.9 Å². The number of piperidine rings is 2. The third-order valence-corrected chi connectivity index (χ3v) is 6.23. The molecule has 1 atom stereocenters. The molecule has 1 aliphatic carbocycles. The lowest BCUT2D eigenvalue weighted by Crippen LogP contribution is -2.54. The van der Waals surface area contributed by atoms with Gasteiger partial charge in [-0.2, -0.15) is 0 Å². The van der Waals surface area contributed by atoms with Gasteiger partial charge < -0.3 is 9.80 Å². The average Bonchev–Trinajstić information content (AvgIpc) is 3.43. The molecule has 1 aromatic rings. The summed E-state index contributed by atoms with van der Waals surface area (Å²) in [4.78, 5) is 26.2. The van der Waals surface area contributed by atoms with Crippen molar-refractivity contribution in [2.75, 3.05) is 31.1 Å². The number of hydrogen-bond donors (Lipinski definition) is 0. The summed E-state index contributed by atoms with van der Waals surface area (Å²) in [7, 11) is 0. The summed E-state index contributed by atoms with van der Waals surface area (Å²) in [5.74, 6) is 3.12. The Kier molecular flexibility index (Phi) is 4.42. The van der Waals surface area contributed by atoms with Crippen LogP contribution in [0.1, 0.15) is 56.8 Å². The minimum Gasteiger partial charge on any atom is -0.356 e. The number of nitrogens with zero attached hydrogens (tertiary/aromatic N) is 4. The van der Waals surface area contributed by atoms with E-state index < -0.39 is 0 Å². The number of carbonyl (C=O) groups is 1.